The Kier molecular flexibility index (Phi) is 6.12. The first-order valence-electron chi connectivity index (χ1n) is 8.53. The number of rotatable bonds is 5. The number of amides is 2. The van der Waals surface area contributed by atoms with Crippen molar-refractivity contribution in [3.8, 4) is 0 Å². The van der Waals surface area contributed by atoms with E-state index >= 15 is 0 Å². The average molecular weight is 394 g/mol. The summed E-state index contributed by atoms with van der Waals surface area (Å²) in [5, 5.41) is -0.551. The van der Waals surface area contributed by atoms with Crippen molar-refractivity contribution < 1.29 is 28.2 Å². The Morgan fingerprint density at radius 2 is 2.07 bits per heavy atom. The number of nitrogens with zero attached hydrogens (tertiary/aromatic N) is 2. The van der Waals surface area contributed by atoms with E-state index in [9.17, 15) is 18.8 Å². The molecule has 1 aromatic carbocycles. The lowest BCUT2D eigenvalue weighted by molar-refractivity contribution is -0.145. The molecule has 0 aliphatic carbocycles. The Hall–Kier alpha value is -2.39. The second-order valence-corrected chi connectivity index (χ2v) is 6.88. The highest BCUT2D eigenvalue weighted by Crippen LogP contribution is 2.32. The summed E-state index contributed by atoms with van der Waals surface area (Å²) in [7, 11) is 0. The maximum atomic E-state index is 14.5. The Morgan fingerprint density at radius 1 is 1.33 bits per heavy atom. The molecule has 0 saturated carbocycles. The molecule has 3 rings (SSSR count). The lowest BCUT2D eigenvalue weighted by Gasteiger charge is -2.29. The fourth-order valence-electron chi connectivity index (χ4n) is 2.80. The molecule has 0 radical (unpaired) electrons. The van der Waals surface area contributed by atoms with E-state index in [4.69, 9.17) is 9.47 Å². The number of carbonyl (C=O) groups is 3. The molecule has 2 heterocycles. The molecule has 1 aromatic rings. The molecule has 9 heteroatoms. The van der Waals surface area contributed by atoms with Gasteiger partial charge in [-0.2, -0.15) is 0 Å². The van der Waals surface area contributed by atoms with E-state index in [0.29, 0.717) is 49.3 Å². The number of benzene rings is 1. The van der Waals surface area contributed by atoms with Crippen molar-refractivity contribution in [1.82, 2.24) is 4.90 Å². The summed E-state index contributed by atoms with van der Waals surface area (Å²) in [6.45, 7) is 3.70. The molecule has 2 aliphatic rings. The van der Waals surface area contributed by atoms with E-state index in [1.807, 2.05) is 4.90 Å². The zero-order valence-corrected chi connectivity index (χ0v) is 15.6. The number of halogens is 1. The van der Waals surface area contributed by atoms with E-state index in [2.05, 4.69) is 0 Å². The molecule has 0 atom stereocenters. The van der Waals surface area contributed by atoms with Crippen LogP contribution in [0.1, 0.15) is 12.5 Å². The van der Waals surface area contributed by atoms with Crippen LogP contribution in [0.2, 0.25) is 0 Å². The normalized spacial score (nSPS) is 19.1. The second-order valence-electron chi connectivity index (χ2n) is 5.88. The van der Waals surface area contributed by atoms with E-state index in [1.165, 1.54) is 12.1 Å². The number of hydrogen-bond donors (Lipinski definition) is 0. The summed E-state index contributed by atoms with van der Waals surface area (Å²) in [5.41, 5.74) is 0.942. The van der Waals surface area contributed by atoms with Gasteiger partial charge in [-0.05, 0) is 42.5 Å². The van der Waals surface area contributed by atoms with Crippen LogP contribution in [0.5, 0.6) is 0 Å². The predicted octanol–water partition coefficient (Wildman–Crippen LogP) is 2.26. The Bertz CT molecular complexity index is 792. The Labute approximate surface area is 160 Å². The molecule has 0 aromatic heterocycles. The monoisotopic (exact) mass is 394 g/mol. The van der Waals surface area contributed by atoms with Crippen LogP contribution in [0.4, 0.5) is 14.9 Å². The van der Waals surface area contributed by atoms with E-state index in [-0.39, 0.29) is 11.5 Å². The third-order valence-corrected chi connectivity index (χ3v) is 4.99. The fourth-order valence-corrected chi connectivity index (χ4v) is 3.64. The first-order valence-corrected chi connectivity index (χ1v) is 9.34. The Morgan fingerprint density at radius 3 is 2.74 bits per heavy atom. The first kappa shape index (κ1) is 19.4. The van der Waals surface area contributed by atoms with Gasteiger partial charge in [-0.1, -0.05) is 6.07 Å². The standard InChI is InChI=1S/C18H19FN2O5S/c1-2-26-16(22)11-21-17(23)15(27-18(21)24)10-12-3-4-14(13(19)9-12)20-5-7-25-8-6-20/h3-4,9-10H,2,5-8,11H2,1H3/b15-10+. The molecule has 2 amide bonds. The minimum atomic E-state index is -0.651. The maximum Gasteiger partial charge on any atom is 0.326 e. The van der Waals surface area contributed by atoms with Crippen molar-refractivity contribution in [2.75, 3.05) is 44.4 Å². The molecule has 2 aliphatic heterocycles. The highest BCUT2D eigenvalue weighted by atomic mass is 32.2. The summed E-state index contributed by atoms with van der Waals surface area (Å²) in [6.07, 6.45) is 1.45. The number of imide groups is 1. The van der Waals surface area contributed by atoms with Crippen molar-refractivity contribution in [2.45, 2.75) is 6.92 Å². The quantitative estimate of drug-likeness (QED) is 0.560. The summed E-state index contributed by atoms with van der Waals surface area (Å²) in [6, 6.07) is 4.66. The highest BCUT2D eigenvalue weighted by Gasteiger charge is 2.36. The van der Waals surface area contributed by atoms with Crippen LogP contribution < -0.4 is 4.90 Å². The zero-order chi connectivity index (χ0) is 19.4. The van der Waals surface area contributed by atoms with Gasteiger partial charge in [0.05, 0.1) is 30.4 Å². The third-order valence-electron chi connectivity index (χ3n) is 4.09. The van der Waals surface area contributed by atoms with Crippen molar-refractivity contribution >= 4 is 40.6 Å². The number of carbonyl (C=O) groups excluding carboxylic acids is 3. The number of thioether (sulfide) groups is 1. The first-order chi connectivity index (χ1) is 13.0. The summed E-state index contributed by atoms with van der Waals surface area (Å²) in [5.74, 6) is -1.64. The summed E-state index contributed by atoms with van der Waals surface area (Å²) in [4.78, 5) is 38.7. The second kappa shape index (κ2) is 8.53. The number of morpholine rings is 1. The minimum Gasteiger partial charge on any atom is -0.465 e. The van der Waals surface area contributed by atoms with Crippen molar-refractivity contribution in [3.63, 3.8) is 0 Å². The van der Waals surface area contributed by atoms with Crippen LogP contribution in [0.15, 0.2) is 23.1 Å². The van der Waals surface area contributed by atoms with Crippen LogP contribution in [0.25, 0.3) is 6.08 Å². The van der Waals surface area contributed by atoms with Gasteiger partial charge in [0.25, 0.3) is 11.1 Å². The number of hydrogen-bond acceptors (Lipinski definition) is 7. The van der Waals surface area contributed by atoms with Gasteiger partial charge in [-0.15, -0.1) is 0 Å². The lowest BCUT2D eigenvalue weighted by atomic mass is 10.1. The molecule has 2 saturated heterocycles. The van der Waals surface area contributed by atoms with Gasteiger partial charge in [-0.3, -0.25) is 19.3 Å². The topological polar surface area (TPSA) is 76.2 Å². The molecule has 0 N–H and O–H groups in total. The number of esters is 1. The smallest absolute Gasteiger partial charge is 0.326 e. The van der Waals surface area contributed by atoms with E-state index in [0.717, 1.165) is 4.90 Å². The number of ether oxygens (including phenoxy) is 2. The Balaban J connectivity index is 1.74. The molecule has 0 spiro atoms. The third kappa shape index (κ3) is 4.48. The van der Waals surface area contributed by atoms with Gasteiger partial charge in [0, 0.05) is 13.1 Å². The highest BCUT2D eigenvalue weighted by molar-refractivity contribution is 8.18. The SMILES string of the molecule is CCOC(=O)CN1C(=O)S/C(=C/c2ccc(N3CCOCC3)c(F)c2)C1=O. The summed E-state index contributed by atoms with van der Waals surface area (Å²) >= 11 is 0.716. The predicted molar refractivity (Wildman–Crippen MR) is 98.7 cm³/mol. The van der Waals surface area contributed by atoms with Gasteiger partial charge in [0.2, 0.25) is 0 Å². The van der Waals surface area contributed by atoms with Gasteiger partial charge in [0.15, 0.2) is 0 Å². The molecular formula is C18H19FN2O5S. The van der Waals surface area contributed by atoms with Gasteiger partial charge >= 0.3 is 5.97 Å². The fraction of sp³-hybridized carbons (Fsp3) is 0.389. The molecule has 7 nitrogen and oxygen atoms in total. The van der Waals surface area contributed by atoms with Crippen LogP contribution in [0.3, 0.4) is 0 Å². The van der Waals surface area contributed by atoms with Crippen LogP contribution >= 0.6 is 11.8 Å². The van der Waals surface area contributed by atoms with Crippen molar-refractivity contribution in [3.05, 3.63) is 34.5 Å². The number of anilines is 1. The van der Waals surface area contributed by atoms with E-state index in [1.54, 1.807) is 19.1 Å². The molecule has 0 bridgehead atoms. The van der Waals surface area contributed by atoms with Crippen molar-refractivity contribution in [1.29, 1.82) is 0 Å². The lowest BCUT2D eigenvalue weighted by Crippen LogP contribution is -2.36. The zero-order valence-electron chi connectivity index (χ0n) is 14.8. The minimum absolute atomic E-state index is 0.142. The van der Waals surface area contributed by atoms with Crippen LogP contribution in [-0.2, 0) is 19.1 Å². The average Bonchev–Trinajstić information content (AvgIpc) is 2.90. The molecule has 0 unspecified atom stereocenters. The van der Waals surface area contributed by atoms with E-state index < -0.39 is 29.5 Å². The molecule has 2 fully saturated rings. The van der Waals surface area contributed by atoms with Crippen molar-refractivity contribution in [2.24, 2.45) is 0 Å². The molecular weight excluding hydrogens is 375 g/mol. The largest absolute Gasteiger partial charge is 0.465 e. The summed E-state index contributed by atoms with van der Waals surface area (Å²) < 4.78 is 24.5. The molecule has 27 heavy (non-hydrogen) atoms. The van der Waals surface area contributed by atoms with Gasteiger partial charge < -0.3 is 14.4 Å². The maximum absolute atomic E-state index is 14.5. The van der Waals surface area contributed by atoms with Crippen LogP contribution in [-0.4, -0.2) is 61.5 Å². The van der Waals surface area contributed by atoms with Gasteiger partial charge in [0.1, 0.15) is 12.4 Å². The van der Waals surface area contributed by atoms with Crippen LogP contribution in [0, 0.1) is 5.82 Å². The van der Waals surface area contributed by atoms with Gasteiger partial charge in [-0.25, -0.2) is 4.39 Å². The molecule has 144 valence electrons.